The Morgan fingerprint density at radius 2 is 1.92 bits per heavy atom. The van der Waals surface area contributed by atoms with Gasteiger partial charge in [0.05, 0.1) is 12.8 Å². The number of methoxy groups -OCH3 is 1. The Morgan fingerprint density at radius 3 is 2.62 bits per heavy atom. The molecule has 7 nitrogen and oxygen atoms in total. The molecule has 0 atom stereocenters. The first kappa shape index (κ1) is 19.4. The van der Waals surface area contributed by atoms with Gasteiger partial charge in [0.15, 0.2) is 0 Å². The number of aryl methyl sites for hydroxylation is 1. The van der Waals surface area contributed by atoms with Gasteiger partial charge in [0.25, 0.3) is 11.8 Å². The lowest BCUT2D eigenvalue weighted by Crippen LogP contribution is -2.31. The minimum atomic E-state index is -0.406. The number of hydrogen-bond acceptors (Lipinski definition) is 5. The topological polar surface area (TPSA) is 83.6 Å². The highest BCUT2D eigenvalue weighted by Crippen LogP contribution is 2.25. The van der Waals surface area contributed by atoms with Gasteiger partial charge in [-0.1, -0.05) is 6.07 Å². The minimum Gasteiger partial charge on any atom is -0.495 e. The monoisotopic (exact) mass is 356 g/mol. The zero-order valence-corrected chi connectivity index (χ0v) is 15.5. The summed E-state index contributed by atoms with van der Waals surface area (Å²) in [6, 6.07) is 8.55. The van der Waals surface area contributed by atoms with E-state index in [1.807, 2.05) is 38.1 Å². The summed E-state index contributed by atoms with van der Waals surface area (Å²) in [5.41, 5.74) is 2.09. The van der Waals surface area contributed by atoms with Crippen molar-refractivity contribution in [2.45, 2.75) is 6.92 Å². The number of pyridine rings is 1. The number of ether oxygens (including phenoxy) is 1. The number of nitrogens with zero attached hydrogens (tertiary/aromatic N) is 2. The molecule has 0 aliphatic rings. The van der Waals surface area contributed by atoms with Crippen molar-refractivity contribution in [3.05, 3.63) is 53.3 Å². The second-order valence-electron chi connectivity index (χ2n) is 6.15. The molecule has 0 aliphatic heterocycles. The van der Waals surface area contributed by atoms with Crippen molar-refractivity contribution in [3.8, 4) is 5.75 Å². The van der Waals surface area contributed by atoms with Crippen molar-refractivity contribution < 1.29 is 14.3 Å². The van der Waals surface area contributed by atoms with Crippen molar-refractivity contribution >= 4 is 17.5 Å². The van der Waals surface area contributed by atoms with Gasteiger partial charge >= 0.3 is 0 Å². The van der Waals surface area contributed by atoms with Crippen LogP contribution in [0.25, 0.3) is 0 Å². The van der Waals surface area contributed by atoms with E-state index in [1.165, 1.54) is 19.4 Å². The average Bonchev–Trinajstić information content (AvgIpc) is 2.61. The summed E-state index contributed by atoms with van der Waals surface area (Å²) in [5, 5.41) is 5.59. The van der Waals surface area contributed by atoms with Gasteiger partial charge in [-0.15, -0.1) is 0 Å². The van der Waals surface area contributed by atoms with Crippen LogP contribution in [0.3, 0.4) is 0 Å². The summed E-state index contributed by atoms with van der Waals surface area (Å²) in [7, 11) is 5.40. The predicted octanol–water partition coefficient (Wildman–Crippen LogP) is 1.94. The van der Waals surface area contributed by atoms with Crippen molar-refractivity contribution in [3.63, 3.8) is 0 Å². The molecule has 7 heteroatoms. The molecule has 0 fully saturated rings. The molecule has 0 radical (unpaired) electrons. The SMILES string of the molecule is COc1ccc(C)cc1NC(=O)c1cc(C(=O)NCCN(C)C)ccn1. The van der Waals surface area contributed by atoms with Crippen LogP contribution in [0.4, 0.5) is 5.69 Å². The molecule has 0 spiro atoms. The van der Waals surface area contributed by atoms with Crippen LogP contribution in [-0.2, 0) is 0 Å². The van der Waals surface area contributed by atoms with Gasteiger partial charge in [-0.3, -0.25) is 14.6 Å². The van der Waals surface area contributed by atoms with E-state index >= 15 is 0 Å². The lowest BCUT2D eigenvalue weighted by molar-refractivity contribution is 0.0951. The maximum absolute atomic E-state index is 12.5. The van der Waals surface area contributed by atoms with Crippen molar-refractivity contribution in [1.82, 2.24) is 15.2 Å². The van der Waals surface area contributed by atoms with Crippen molar-refractivity contribution in [1.29, 1.82) is 0 Å². The fourth-order valence-electron chi connectivity index (χ4n) is 2.30. The molecule has 0 unspecified atom stereocenters. The highest BCUT2D eigenvalue weighted by atomic mass is 16.5. The Labute approximate surface area is 153 Å². The maximum Gasteiger partial charge on any atom is 0.274 e. The highest BCUT2D eigenvalue weighted by molar-refractivity contribution is 6.05. The first-order chi connectivity index (χ1) is 12.4. The van der Waals surface area contributed by atoms with E-state index in [1.54, 1.807) is 12.1 Å². The van der Waals surface area contributed by atoms with Crippen LogP contribution in [0.15, 0.2) is 36.5 Å². The third-order valence-corrected chi connectivity index (χ3v) is 3.70. The molecule has 26 heavy (non-hydrogen) atoms. The van der Waals surface area contributed by atoms with E-state index in [4.69, 9.17) is 4.74 Å². The van der Waals surface area contributed by atoms with Gasteiger partial charge in [0.1, 0.15) is 11.4 Å². The molecule has 2 N–H and O–H groups in total. The number of aromatic nitrogens is 1. The maximum atomic E-state index is 12.5. The van der Waals surface area contributed by atoms with E-state index in [9.17, 15) is 9.59 Å². The first-order valence-electron chi connectivity index (χ1n) is 8.25. The standard InChI is InChI=1S/C19H24N4O3/c1-13-5-6-17(26-4)15(11-13)22-19(25)16-12-14(7-8-20-16)18(24)21-9-10-23(2)3/h5-8,11-12H,9-10H2,1-4H3,(H,21,24)(H,22,25). The molecule has 2 aromatic rings. The molecule has 0 saturated carbocycles. The van der Waals surface area contributed by atoms with Crippen LogP contribution in [0.1, 0.15) is 26.4 Å². The smallest absolute Gasteiger partial charge is 0.274 e. The van der Waals surface area contributed by atoms with Gasteiger partial charge < -0.3 is 20.3 Å². The second kappa shape index (κ2) is 8.96. The number of rotatable bonds is 7. The summed E-state index contributed by atoms with van der Waals surface area (Å²) < 4.78 is 5.26. The van der Waals surface area contributed by atoms with E-state index in [-0.39, 0.29) is 11.6 Å². The Balaban J connectivity index is 2.10. The summed E-state index contributed by atoms with van der Waals surface area (Å²) in [4.78, 5) is 30.7. The molecule has 1 heterocycles. The molecule has 2 amide bonds. The van der Waals surface area contributed by atoms with Crippen molar-refractivity contribution in [2.24, 2.45) is 0 Å². The van der Waals surface area contributed by atoms with Crippen LogP contribution in [0.5, 0.6) is 5.75 Å². The predicted molar refractivity (Wildman–Crippen MR) is 101 cm³/mol. The zero-order chi connectivity index (χ0) is 19.1. The summed E-state index contributed by atoms with van der Waals surface area (Å²) in [6.45, 7) is 3.18. The third-order valence-electron chi connectivity index (χ3n) is 3.70. The molecule has 0 saturated heterocycles. The number of likely N-dealkylation sites (N-methyl/N-ethyl adjacent to an activating group) is 1. The average molecular weight is 356 g/mol. The molecular formula is C19H24N4O3. The fraction of sp³-hybridized carbons (Fsp3) is 0.316. The number of nitrogens with one attached hydrogen (secondary N) is 2. The lowest BCUT2D eigenvalue weighted by Gasteiger charge is -2.12. The number of carbonyl (C=O) groups excluding carboxylic acids is 2. The molecule has 0 aliphatic carbocycles. The van der Waals surface area contributed by atoms with Crippen LogP contribution >= 0.6 is 0 Å². The lowest BCUT2D eigenvalue weighted by atomic mass is 10.2. The van der Waals surface area contributed by atoms with Crippen LogP contribution in [0.2, 0.25) is 0 Å². The summed E-state index contributed by atoms with van der Waals surface area (Å²) in [5.74, 6) is -0.0881. The van der Waals surface area contributed by atoms with Crippen LogP contribution < -0.4 is 15.4 Å². The Bertz CT molecular complexity index is 790. The van der Waals surface area contributed by atoms with E-state index in [2.05, 4.69) is 15.6 Å². The van der Waals surface area contributed by atoms with Gasteiger partial charge in [-0.25, -0.2) is 0 Å². The molecule has 138 valence electrons. The molecular weight excluding hydrogens is 332 g/mol. The number of carbonyl (C=O) groups is 2. The normalized spacial score (nSPS) is 10.5. The minimum absolute atomic E-state index is 0.161. The largest absolute Gasteiger partial charge is 0.495 e. The Hall–Kier alpha value is -2.93. The number of hydrogen-bond donors (Lipinski definition) is 2. The Kier molecular flexibility index (Phi) is 6.68. The number of benzene rings is 1. The zero-order valence-electron chi connectivity index (χ0n) is 15.5. The van der Waals surface area contributed by atoms with Gasteiger partial charge in [0, 0.05) is 24.8 Å². The molecule has 1 aromatic carbocycles. The van der Waals surface area contributed by atoms with E-state index in [0.29, 0.717) is 23.5 Å². The molecule has 2 rings (SSSR count). The van der Waals surface area contributed by atoms with Crippen LogP contribution in [0, 0.1) is 6.92 Å². The first-order valence-corrected chi connectivity index (χ1v) is 8.25. The fourth-order valence-corrected chi connectivity index (χ4v) is 2.30. The molecule has 0 bridgehead atoms. The summed E-state index contributed by atoms with van der Waals surface area (Å²) in [6.07, 6.45) is 1.45. The van der Waals surface area contributed by atoms with Gasteiger partial charge in [-0.05, 0) is 50.8 Å². The second-order valence-corrected chi connectivity index (χ2v) is 6.15. The summed E-state index contributed by atoms with van der Waals surface area (Å²) >= 11 is 0. The molecule has 1 aromatic heterocycles. The number of anilines is 1. The quantitative estimate of drug-likeness (QED) is 0.792. The van der Waals surface area contributed by atoms with Crippen LogP contribution in [-0.4, -0.2) is 56.0 Å². The van der Waals surface area contributed by atoms with Gasteiger partial charge in [-0.2, -0.15) is 0 Å². The third kappa shape index (κ3) is 5.29. The van der Waals surface area contributed by atoms with Gasteiger partial charge in [0.2, 0.25) is 0 Å². The van der Waals surface area contributed by atoms with E-state index < -0.39 is 5.91 Å². The van der Waals surface area contributed by atoms with E-state index in [0.717, 1.165) is 12.1 Å². The van der Waals surface area contributed by atoms with Crippen molar-refractivity contribution in [2.75, 3.05) is 39.6 Å². The Morgan fingerprint density at radius 1 is 1.15 bits per heavy atom. The number of amides is 2. The highest BCUT2D eigenvalue weighted by Gasteiger charge is 2.14.